The summed E-state index contributed by atoms with van der Waals surface area (Å²) in [5, 5.41) is 3.19. The molecule has 5 heteroatoms. The van der Waals surface area contributed by atoms with Gasteiger partial charge in [0.15, 0.2) is 0 Å². The molecule has 0 saturated carbocycles. The van der Waals surface area contributed by atoms with Crippen LogP contribution in [0.25, 0.3) is 0 Å². The normalized spacial score (nSPS) is 10.7. The maximum atomic E-state index is 11.3. The summed E-state index contributed by atoms with van der Waals surface area (Å²) in [6, 6.07) is 5.04. The molecule has 0 aromatic heterocycles. The van der Waals surface area contributed by atoms with E-state index in [9.17, 15) is 4.79 Å². The second kappa shape index (κ2) is 7.63. The van der Waals surface area contributed by atoms with Gasteiger partial charge in [0.1, 0.15) is 0 Å². The molecule has 0 spiro atoms. The molecular formula is C14H23N3O2. The van der Waals surface area contributed by atoms with Crippen molar-refractivity contribution in [2.75, 3.05) is 24.2 Å². The van der Waals surface area contributed by atoms with Gasteiger partial charge in [0, 0.05) is 24.5 Å². The molecular weight excluding hydrogens is 242 g/mol. The van der Waals surface area contributed by atoms with E-state index in [2.05, 4.69) is 5.32 Å². The van der Waals surface area contributed by atoms with Gasteiger partial charge in [-0.05, 0) is 44.9 Å². The van der Waals surface area contributed by atoms with Gasteiger partial charge in [0.05, 0.1) is 11.7 Å². The number of hydrogen-bond acceptors (Lipinski definition) is 4. The van der Waals surface area contributed by atoms with Crippen LogP contribution in [0.2, 0.25) is 0 Å². The van der Waals surface area contributed by atoms with E-state index in [-0.39, 0.29) is 6.10 Å². The smallest absolute Gasteiger partial charge is 0.250 e. The summed E-state index contributed by atoms with van der Waals surface area (Å²) < 4.78 is 5.45. The van der Waals surface area contributed by atoms with Crippen LogP contribution < -0.4 is 16.8 Å². The number of benzene rings is 1. The van der Waals surface area contributed by atoms with Gasteiger partial charge in [0.2, 0.25) is 0 Å². The zero-order valence-electron chi connectivity index (χ0n) is 11.6. The lowest BCUT2D eigenvalue weighted by Gasteiger charge is -2.11. The Labute approximate surface area is 114 Å². The van der Waals surface area contributed by atoms with E-state index >= 15 is 0 Å². The number of ether oxygens (including phenoxy) is 1. The molecule has 5 N–H and O–H groups in total. The molecule has 5 nitrogen and oxygen atoms in total. The molecule has 1 amide bonds. The van der Waals surface area contributed by atoms with Gasteiger partial charge < -0.3 is 21.5 Å². The number of nitrogen functional groups attached to an aromatic ring is 1. The quantitative estimate of drug-likeness (QED) is 0.495. The summed E-state index contributed by atoms with van der Waals surface area (Å²) in [7, 11) is 0. The monoisotopic (exact) mass is 265 g/mol. The lowest BCUT2D eigenvalue weighted by atomic mass is 10.1. The molecule has 0 radical (unpaired) electrons. The summed E-state index contributed by atoms with van der Waals surface area (Å²) >= 11 is 0. The summed E-state index contributed by atoms with van der Waals surface area (Å²) in [5.74, 6) is -0.453. The van der Waals surface area contributed by atoms with Crippen molar-refractivity contribution in [2.45, 2.75) is 32.8 Å². The number of rotatable bonds is 8. The molecule has 0 unspecified atom stereocenters. The van der Waals surface area contributed by atoms with Gasteiger partial charge in [-0.1, -0.05) is 0 Å². The predicted molar refractivity (Wildman–Crippen MR) is 78.2 cm³/mol. The third-order valence-electron chi connectivity index (χ3n) is 2.65. The minimum atomic E-state index is -0.453. The summed E-state index contributed by atoms with van der Waals surface area (Å²) in [6.45, 7) is 5.54. The van der Waals surface area contributed by atoms with Gasteiger partial charge in [-0.2, -0.15) is 0 Å². The number of amides is 1. The summed E-state index contributed by atoms with van der Waals surface area (Å²) in [4.78, 5) is 11.3. The van der Waals surface area contributed by atoms with Crippen molar-refractivity contribution in [1.82, 2.24) is 0 Å². The highest BCUT2D eigenvalue weighted by molar-refractivity contribution is 5.99. The fourth-order valence-electron chi connectivity index (χ4n) is 1.69. The largest absolute Gasteiger partial charge is 0.399 e. The Kier molecular flexibility index (Phi) is 6.15. The molecule has 0 atom stereocenters. The molecule has 0 aliphatic carbocycles. The molecule has 0 bridgehead atoms. The molecule has 0 saturated heterocycles. The molecule has 0 fully saturated rings. The average molecular weight is 265 g/mol. The lowest BCUT2D eigenvalue weighted by molar-refractivity contribution is 0.0765. The fourth-order valence-corrected chi connectivity index (χ4v) is 1.69. The van der Waals surface area contributed by atoms with Crippen LogP contribution in [-0.4, -0.2) is 25.2 Å². The van der Waals surface area contributed by atoms with Gasteiger partial charge in [-0.25, -0.2) is 0 Å². The van der Waals surface area contributed by atoms with Crippen LogP contribution in [0.3, 0.4) is 0 Å². The van der Waals surface area contributed by atoms with Crippen LogP contribution in [-0.2, 0) is 4.74 Å². The summed E-state index contributed by atoms with van der Waals surface area (Å²) in [6.07, 6.45) is 2.20. The van der Waals surface area contributed by atoms with Crippen molar-refractivity contribution >= 4 is 17.3 Å². The Morgan fingerprint density at radius 2 is 2.11 bits per heavy atom. The van der Waals surface area contributed by atoms with Crippen molar-refractivity contribution in [3.05, 3.63) is 23.8 Å². The van der Waals surface area contributed by atoms with E-state index in [1.165, 1.54) is 0 Å². The third kappa shape index (κ3) is 5.61. The molecule has 0 heterocycles. The Bertz CT molecular complexity index is 419. The minimum absolute atomic E-state index is 0.267. The molecule has 106 valence electrons. The number of carbonyl (C=O) groups excluding carboxylic acids is 1. The first-order valence-electron chi connectivity index (χ1n) is 6.55. The first-order chi connectivity index (χ1) is 9.00. The zero-order chi connectivity index (χ0) is 14.3. The summed E-state index contributed by atoms with van der Waals surface area (Å²) in [5.41, 5.74) is 12.8. The van der Waals surface area contributed by atoms with Crippen LogP contribution in [0.5, 0.6) is 0 Å². The second-order valence-electron chi connectivity index (χ2n) is 4.72. The number of nitrogens with two attached hydrogens (primary N) is 2. The molecule has 1 rings (SSSR count). The number of carbonyl (C=O) groups is 1. The zero-order valence-corrected chi connectivity index (χ0v) is 11.6. The average Bonchev–Trinajstić information content (AvgIpc) is 2.33. The van der Waals surface area contributed by atoms with Gasteiger partial charge in [-0.15, -0.1) is 0 Å². The maximum absolute atomic E-state index is 11.3. The molecule has 19 heavy (non-hydrogen) atoms. The Hall–Kier alpha value is -1.75. The molecule has 1 aromatic rings. The number of primary amides is 1. The second-order valence-corrected chi connectivity index (χ2v) is 4.72. The molecule has 0 aliphatic heterocycles. The number of hydrogen-bond donors (Lipinski definition) is 3. The topological polar surface area (TPSA) is 90.4 Å². The van der Waals surface area contributed by atoms with Crippen molar-refractivity contribution in [2.24, 2.45) is 5.73 Å². The highest BCUT2D eigenvalue weighted by Crippen LogP contribution is 2.18. The van der Waals surface area contributed by atoms with Gasteiger partial charge in [-0.3, -0.25) is 4.79 Å². The Morgan fingerprint density at radius 3 is 2.74 bits per heavy atom. The first-order valence-corrected chi connectivity index (χ1v) is 6.55. The Balaban J connectivity index is 2.40. The standard InChI is InChI=1S/C14H23N3O2/c1-10(2)19-8-4-3-7-17-13-9-11(15)5-6-12(13)14(16)18/h5-6,9-10,17H,3-4,7-8,15H2,1-2H3,(H2,16,18). The van der Waals surface area contributed by atoms with E-state index in [1.807, 2.05) is 13.8 Å². The van der Waals surface area contributed by atoms with E-state index in [1.54, 1.807) is 18.2 Å². The molecule has 0 aliphatic rings. The maximum Gasteiger partial charge on any atom is 0.250 e. The van der Waals surface area contributed by atoms with Crippen molar-refractivity contribution < 1.29 is 9.53 Å². The van der Waals surface area contributed by atoms with E-state index in [0.717, 1.165) is 26.0 Å². The number of unbranched alkanes of at least 4 members (excludes halogenated alkanes) is 1. The third-order valence-corrected chi connectivity index (χ3v) is 2.65. The molecule has 1 aromatic carbocycles. The van der Waals surface area contributed by atoms with Crippen LogP contribution in [0, 0.1) is 0 Å². The fraction of sp³-hybridized carbons (Fsp3) is 0.500. The van der Waals surface area contributed by atoms with E-state index < -0.39 is 5.91 Å². The van der Waals surface area contributed by atoms with Crippen molar-refractivity contribution in [3.8, 4) is 0 Å². The van der Waals surface area contributed by atoms with Gasteiger partial charge >= 0.3 is 0 Å². The minimum Gasteiger partial charge on any atom is -0.399 e. The number of nitrogens with one attached hydrogen (secondary N) is 1. The van der Waals surface area contributed by atoms with Crippen molar-refractivity contribution in [1.29, 1.82) is 0 Å². The van der Waals surface area contributed by atoms with Crippen LogP contribution in [0.15, 0.2) is 18.2 Å². The lowest BCUT2D eigenvalue weighted by Crippen LogP contribution is -2.15. The van der Waals surface area contributed by atoms with Gasteiger partial charge in [0.25, 0.3) is 5.91 Å². The van der Waals surface area contributed by atoms with Crippen LogP contribution in [0.1, 0.15) is 37.0 Å². The van der Waals surface area contributed by atoms with Crippen molar-refractivity contribution in [3.63, 3.8) is 0 Å². The van der Waals surface area contributed by atoms with Crippen LogP contribution >= 0.6 is 0 Å². The highest BCUT2D eigenvalue weighted by Gasteiger charge is 2.07. The predicted octanol–water partition coefficient (Wildman–Crippen LogP) is 1.98. The Morgan fingerprint density at radius 1 is 1.37 bits per heavy atom. The number of anilines is 2. The SMILES string of the molecule is CC(C)OCCCCNc1cc(N)ccc1C(N)=O. The highest BCUT2D eigenvalue weighted by atomic mass is 16.5. The van der Waals surface area contributed by atoms with E-state index in [4.69, 9.17) is 16.2 Å². The van der Waals surface area contributed by atoms with Crippen LogP contribution in [0.4, 0.5) is 11.4 Å². The van der Waals surface area contributed by atoms with E-state index in [0.29, 0.717) is 16.9 Å². The first kappa shape index (κ1) is 15.3.